The molecule has 0 aromatic rings. The first-order valence-corrected chi connectivity index (χ1v) is 7.18. The molecule has 0 spiro atoms. The van der Waals surface area contributed by atoms with Crippen LogP contribution in [0, 0.1) is 0 Å². The summed E-state index contributed by atoms with van der Waals surface area (Å²) in [5.41, 5.74) is 2.10. The fourth-order valence-corrected chi connectivity index (χ4v) is 2.79. The maximum Gasteiger partial charge on any atom is 0.348 e. The van der Waals surface area contributed by atoms with Gasteiger partial charge in [-0.05, 0) is 39.3 Å². The Bertz CT molecular complexity index is 147. The molecule has 2 atom stereocenters. The smallest absolute Gasteiger partial charge is 0.348 e. The van der Waals surface area contributed by atoms with Gasteiger partial charge in [0.15, 0.2) is 0 Å². The van der Waals surface area contributed by atoms with E-state index in [4.69, 9.17) is 8.85 Å². The van der Waals surface area contributed by atoms with Crippen molar-refractivity contribution >= 4 is 9.28 Å². The molecule has 2 unspecified atom stereocenters. The average Bonchev–Trinajstić information content (AvgIpc) is 2.17. The quantitative estimate of drug-likeness (QED) is 0.609. The van der Waals surface area contributed by atoms with Gasteiger partial charge in [-0.15, -0.1) is 0 Å². The van der Waals surface area contributed by atoms with E-state index in [0.717, 1.165) is 12.8 Å². The summed E-state index contributed by atoms with van der Waals surface area (Å²) in [4.78, 5) is 0. The second-order valence-electron chi connectivity index (χ2n) is 3.60. The van der Waals surface area contributed by atoms with Crippen LogP contribution < -0.4 is 0 Å². The van der Waals surface area contributed by atoms with E-state index in [1.807, 2.05) is 13.0 Å². The minimum atomic E-state index is -1.57. The molecule has 0 heterocycles. The van der Waals surface area contributed by atoms with Crippen molar-refractivity contribution in [1.29, 1.82) is 0 Å². The van der Waals surface area contributed by atoms with Crippen molar-refractivity contribution in [3.8, 4) is 0 Å². The molecular weight excluding hydrogens is 192 g/mol. The SMILES string of the molecule is CC=C[SiH](OC(C)CC)OC(C)CC. The average molecular weight is 216 g/mol. The molecule has 0 fully saturated rings. The van der Waals surface area contributed by atoms with Crippen LogP contribution in [0.4, 0.5) is 0 Å². The normalized spacial score (nSPS) is 18.4. The molecule has 0 N–H and O–H groups in total. The molecule has 0 aromatic carbocycles. The van der Waals surface area contributed by atoms with Gasteiger partial charge in [0.05, 0.1) is 0 Å². The van der Waals surface area contributed by atoms with Crippen LogP contribution in [0.1, 0.15) is 47.5 Å². The monoisotopic (exact) mass is 216 g/mol. The molecule has 0 rings (SSSR count). The van der Waals surface area contributed by atoms with E-state index in [-0.39, 0.29) is 0 Å². The van der Waals surface area contributed by atoms with Gasteiger partial charge in [0.1, 0.15) is 0 Å². The van der Waals surface area contributed by atoms with E-state index in [1.54, 1.807) is 0 Å². The van der Waals surface area contributed by atoms with Crippen LogP contribution in [0.3, 0.4) is 0 Å². The van der Waals surface area contributed by atoms with Crippen molar-refractivity contribution in [2.24, 2.45) is 0 Å². The van der Waals surface area contributed by atoms with Crippen molar-refractivity contribution in [2.45, 2.75) is 59.7 Å². The topological polar surface area (TPSA) is 18.5 Å². The molecule has 0 saturated carbocycles. The van der Waals surface area contributed by atoms with Crippen molar-refractivity contribution in [3.63, 3.8) is 0 Å². The third-order valence-electron chi connectivity index (χ3n) is 2.23. The van der Waals surface area contributed by atoms with Crippen molar-refractivity contribution in [3.05, 3.63) is 11.8 Å². The summed E-state index contributed by atoms with van der Waals surface area (Å²) in [7, 11) is -1.57. The van der Waals surface area contributed by atoms with Crippen LogP contribution in [0.25, 0.3) is 0 Å². The van der Waals surface area contributed by atoms with Crippen LogP contribution in [-0.4, -0.2) is 21.5 Å². The third kappa shape index (κ3) is 6.35. The summed E-state index contributed by atoms with van der Waals surface area (Å²) in [6.45, 7) is 10.5. The first-order valence-electron chi connectivity index (χ1n) is 5.57. The standard InChI is InChI=1S/C11H24O2Si/c1-6-9-14(12-10(4)7-2)13-11(5)8-3/h6,9-11,14H,7-8H2,1-5H3. The highest BCUT2D eigenvalue weighted by Crippen LogP contribution is 2.06. The molecule has 0 saturated heterocycles. The lowest BCUT2D eigenvalue weighted by molar-refractivity contribution is 0.118. The minimum Gasteiger partial charge on any atom is -0.391 e. The second kappa shape index (κ2) is 8.21. The van der Waals surface area contributed by atoms with Gasteiger partial charge < -0.3 is 8.85 Å². The van der Waals surface area contributed by atoms with Gasteiger partial charge in [0.2, 0.25) is 0 Å². The largest absolute Gasteiger partial charge is 0.391 e. The van der Waals surface area contributed by atoms with Crippen LogP contribution >= 0.6 is 0 Å². The van der Waals surface area contributed by atoms with Crippen molar-refractivity contribution in [2.75, 3.05) is 0 Å². The highest BCUT2D eigenvalue weighted by Gasteiger charge is 2.15. The van der Waals surface area contributed by atoms with Gasteiger partial charge in [0.25, 0.3) is 0 Å². The Morgan fingerprint density at radius 2 is 1.50 bits per heavy atom. The number of allylic oxidation sites excluding steroid dienone is 1. The van der Waals surface area contributed by atoms with Gasteiger partial charge in [-0.1, -0.05) is 19.9 Å². The van der Waals surface area contributed by atoms with Crippen LogP contribution in [-0.2, 0) is 8.85 Å². The van der Waals surface area contributed by atoms with Gasteiger partial charge in [0, 0.05) is 12.2 Å². The number of hydrogen-bond acceptors (Lipinski definition) is 2. The lowest BCUT2D eigenvalue weighted by Gasteiger charge is -2.21. The maximum atomic E-state index is 5.84. The van der Waals surface area contributed by atoms with E-state index >= 15 is 0 Å². The summed E-state index contributed by atoms with van der Waals surface area (Å²) in [6.07, 6.45) is 4.75. The lowest BCUT2D eigenvalue weighted by atomic mass is 10.3. The Balaban J connectivity index is 4.01. The van der Waals surface area contributed by atoms with Gasteiger partial charge >= 0.3 is 9.28 Å². The third-order valence-corrected chi connectivity index (χ3v) is 4.40. The predicted octanol–water partition coefficient (Wildman–Crippen LogP) is 2.95. The second-order valence-corrected chi connectivity index (χ2v) is 5.27. The molecule has 0 aliphatic heterocycles. The lowest BCUT2D eigenvalue weighted by Crippen LogP contribution is -2.29. The first kappa shape index (κ1) is 13.9. The zero-order chi connectivity index (χ0) is 11.0. The van der Waals surface area contributed by atoms with E-state index in [9.17, 15) is 0 Å². The molecular formula is C11H24O2Si. The Kier molecular flexibility index (Phi) is 8.13. The molecule has 0 aliphatic rings. The summed E-state index contributed by atoms with van der Waals surface area (Å²) >= 11 is 0. The summed E-state index contributed by atoms with van der Waals surface area (Å²) in [6, 6.07) is 0. The molecule has 84 valence electrons. The van der Waals surface area contributed by atoms with Crippen molar-refractivity contribution in [1.82, 2.24) is 0 Å². The molecule has 2 nitrogen and oxygen atoms in total. The van der Waals surface area contributed by atoms with Crippen molar-refractivity contribution < 1.29 is 8.85 Å². The van der Waals surface area contributed by atoms with Gasteiger partial charge in [-0.3, -0.25) is 0 Å². The molecule has 0 aliphatic carbocycles. The summed E-state index contributed by atoms with van der Waals surface area (Å²) in [5, 5.41) is 0. The maximum absolute atomic E-state index is 5.84. The zero-order valence-electron chi connectivity index (χ0n) is 10.1. The minimum absolute atomic E-state index is 0.312. The molecule has 0 aromatic heterocycles. The fraction of sp³-hybridized carbons (Fsp3) is 0.818. The Morgan fingerprint density at radius 1 is 1.07 bits per heavy atom. The van der Waals surface area contributed by atoms with E-state index < -0.39 is 9.28 Å². The van der Waals surface area contributed by atoms with E-state index in [1.165, 1.54) is 0 Å². The Labute approximate surface area is 90.2 Å². The molecule has 0 bridgehead atoms. The summed E-state index contributed by atoms with van der Waals surface area (Å²) < 4.78 is 11.7. The predicted molar refractivity (Wildman–Crippen MR) is 63.6 cm³/mol. The zero-order valence-corrected chi connectivity index (χ0v) is 11.3. The Morgan fingerprint density at radius 3 is 1.79 bits per heavy atom. The number of hydrogen-bond donors (Lipinski definition) is 0. The van der Waals surface area contributed by atoms with Gasteiger partial charge in [-0.25, -0.2) is 0 Å². The summed E-state index contributed by atoms with van der Waals surface area (Å²) in [5.74, 6) is 0. The highest BCUT2D eigenvalue weighted by atomic mass is 28.3. The fourth-order valence-electron chi connectivity index (χ4n) is 0.930. The van der Waals surface area contributed by atoms with Gasteiger partial charge in [-0.2, -0.15) is 0 Å². The van der Waals surface area contributed by atoms with E-state index in [0.29, 0.717) is 12.2 Å². The van der Waals surface area contributed by atoms with Crippen LogP contribution in [0.2, 0.25) is 0 Å². The molecule has 0 amide bonds. The molecule has 3 heteroatoms. The molecule has 0 radical (unpaired) electrons. The first-order chi connectivity index (χ1) is 6.63. The van der Waals surface area contributed by atoms with E-state index in [2.05, 4.69) is 33.4 Å². The number of rotatable bonds is 7. The van der Waals surface area contributed by atoms with Crippen LogP contribution in [0.15, 0.2) is 11.8 Å². The molecule has 14 heavy (non-hydrogen) atoms. The Hall–Kier alpha value is -0.123. The highest BCUT2D eigenvalue weighted by molar-refractivity contribution is 6.50. The van der Waals surface area contributed by atoms with Crippen LogP contribution in [0.5, 0.6) is 0 Å².